The Bertz CT molecular complexity index is 304. The maximum absolute atomic E-state index is 3.95. The van der Waals surface area contributed by atoms with Crippen molar-refractivity contribution in [3.8, 4) is 0 Å². The molecule has 82 valence electrons. The quantitative estimate of drug-likeness (QED) is 0.763. The van der Waals surface area contributed by atoms with E-state index >= 15 is 0 Å². The summed E-state index contributed by atoms with van der Waals surface area (Å²) in [4.78, 5) is 2.63. The molecule has 2 aliphatic rings. The Labute approximate surface area is 90.0 Å². The molecule has 2 heterocycles. The Hall–Kier alpha value is -0.870. The second kappa shape index (κ2) is 3.94. The molecule has 1 unspecified atom stereocenters. The van der Waals surface area contributed by atoms with E-state index in [1.807, 2.05) is 12.3 Å². The van der Waals surface area contributed by atoms with Crippen LogP contribution in [0.3, 0.4) is 0 Å². The van der Waals surface area contributed by atoms with Crippen molar-refractivity contribution < 1.29 is 0 Å². The van der Waals surface area contributed by atoms with Crippen LogP contribution >= 0.6 is 0 Å². The predicted molar refractivity (Wildman–Crippen MR) is 58.4 cm³/mol. The standard InChI is InChI=1S/C11H18N4/c1-2-11(1)15-6-4-10(8-15)12-7-9-3-5-13-14-9/h3,5,10-12H,1-2,4,6-8H2,(H,13,14). The van der Waals surface area contributed by atoms with Crippen molar-refractivity contribution in [3.05, 3.63) is 18.0 Å². The largest absolute Gasteiger partial charge is 0.307 e. The average Bonchev–Trinajstić information content (AvgIpc) is 2.82. The second-order valence-electron chi connectivity index (χ2n) is 4.67. The van der Waals surface area contributed by atoms with Gasteiger partial charge in [-0.1, -0.05) is 0 Å². The molecule has 2 N–H and O–H groups in total. The smallest absolute Gasteiger partial charge is 0.0490 e. The lowest BCUT2D eigenvalue weighted by atomic mass is 10.2. The molecule has 4 nitrogen and oxygen atoms in total. The number of rotatable bonds is 4. The van der Waals surface area contributed by atoms with Crippen LogP contribution in [-0.2, 0) is 6.54 Å². The summed E-state index contributed by atoms with van der Waals surface area (Å²) < 4.78 is 0. The lowest BCUT2D eigenvalue weighted by Gasteiger charge is -2.15. The Morgan fingerprint density at radius 2 is 2.40 bits per heavy atom. The SMILES string of the molecule is c1cc(CNC2CCN(C3CC3)C2)[nH]n1. The van der Waals surface area contributed by atoms with Crippen molar-refractivity contribution >= 4 is 0 Å². The number of hydrogen-bond donors (Lipinski definition) is 2. The molecule has 0 radical (unpaired) electrons. The monoisotopic (exact) mass is 206 g/mol. The van der Waals surface area contributed by atoms with Crippen LogP contribution in [0.1, 0.15) is 25.0 Å². The van der Waals surface area contributed by atoms with Crippen LogP contribution in [0.2, 0.25) is 0 Å². The number of aromatic nitrogens is 2. The predicted octanol–water partition coefficient (Wildman–Crippen LogP) is 0.736. The van der Waals surface area contributed by atoms with Crippen LogP contribution in [0.25, 0.3) is 0 Å². The molecule has 3 rings (SSSR count). The molecular weight excluding hydrogens is 188 g/mol. The molecule has 1 aliphatic heterocycles. The van der Waals surface area contributed by atoms with Crippen LogP contribution in [-0.4, -0.2) is 40.3 Å². The van der Waals surface area contributed by atoms with Gasteiger partial charge >= 0.3 is 0 Å². The van der Waals surface area contributed by atoms with Gasteiger partial charge in [-0.2, -0.15) is 5.10 Å². The fourth-order valence-electron chi connectivity index (χ4n) is 2.36. The summed E-state index contributed by atoms with van der Waals surface area (Å²) in [6, 6.07) is 3.62. The van der Waals surface area contributed by atoms with E-state index < -0.39 is 0 Å². The van der Waals surface area contributed by atoms with Gasteiger partial charge in [-0.05, 0) is 25.3 Å². The maximum Gasteiger partial charge on any atom is 0.0490 e. The molecule has 2 fully saturated rings. The summed E-state index contributed by atoms with van der Waals surface area (Å²) in [5.41, 5.74) is 1.18. The van der Waals surface area contributed by atoms with Crippen molar-refractivity contribution in [2.24, 2.45) is 0 Å². The summed E-state index contributed by atoms with van der Waals surface area (Å²) >= 11 is 0. The third-order valence-corrected chi connectivity index (χ3v) is 3.42. The van der Waals surface area contributed by atoms with Crippen molar-refractivity contribution in [3.63, 3.8) is 0 Å². The normalized spacial score (nSPS) is 27.3. The van der Waals surface area contributed by atoms with Gasteiger partial charge in [0.15, 0.2) is 0 Å². The molecule has 0 aromatic carbocycles. The van der Waals surface area contributed by atoms with Gasteiger partial charge in [0, 0.05) is 43.6 Å². The summed E-state index contributed by atoms with van der Waals surface area (Å²) in [5, 5.41) is 10.5. The van der Waals surface area contributed by atoms with E-state index in [2.05, 4.69) is 20.4 Å². The first-order valence-electron chi connectivity index (χ1n) is 5.87. The lowest BCUT2D eigenvalue weighted by molar-refractivity contribution is 0.317. The van der Waals surface area contributed by atoms with E-state index in [4.69, 9.17) is 0 Å². The molecule has 1 aromatic rings. The first-order chi connectivity index (χ1) is 7.42. The highest BCUT2D eigenvalue weighted by Gasteiger charge is 2.33. The molecule has 0 bridgehead atoms. The number of nitrogens with one attached hydrogen (secondary N) is 2. The fourth-order valence-corrected chi connectivity index (χ4v) is 2.36. The molecule has 1 aliphatic carbocycles. The van der Waals surface area contributed by atoms with Crippen molar-refractivity contribution in [1.29, 1.82) is 0 Å². The number of hydrogen-bond acceptors (Lipinski definition) is 3. The Morgan fingerprint density at radius 3 is 3.13 bits per heavy atom. The molecule has 1 aromatic heterocycles. The summed E-state index contributed by atoms with van der Waals surface area (Å²) in [6.45, 7) is 3.44. The van der Waals surface area contributed by atoms with Crippen LogP contribution in [0, 0.1) is 0 Å². The number of likely N-dealkylation sites (tertiary alicyclic amines) is 1. The lowest BCUT2D eigenvalue weighted by Crippen LogP contribution is -2.32. The minimum absolute atomic E-state index is 0.675. The summed E-state index contributed by atoms with van der Waals surface area (Å²) in [7, 11) is 0. The van der Waals surface area contributed by atoms with Gasteiger partial charge < -0.3 is 5.32 Å². The first-order valence-corrected chi connectivity index (χ1v) is 5.87. The number of H-pyrrole nitrogens is 1. The highest BCUT2D eigenvalue weighted by molar-refractivity contribution is 4.98. The van der Waals surface area contributed by atoms with Gasteiger partial charge in [-0.15, -0.1) is 0 Å². The Morgan fingerprint density at radius 1 is 1.47 bits per heavy atom. The highest BCUT2D eigenvalue weighted by Crippen LogP contribution is 2.29. The molecular formula is C11H18N4. The third kappa shape index (κ3) is 2.21. The minimum Gasteiger partial charge on any atom is -0.307 e. The van der Waals surface area contributed by atoms with E-state index in [0.29, 0.717) is 6.04 Å². The molecule has 4 heteroatoms. The Kier molecular flexibility index (Phi) is 2.46. The van der Waals surface area contributed by atoms with Gasteiger partial charge in [0.25, 0.3) is 0 Å². The van der Waals surface area contributed by atoms with Crippen molar-refractivity contribution in [1.82, 2.24) is 20.4 Å². The van der Waals surface area contributed by atoms with E-state index in [1.165, 1.54) is 38.0 Å². The van der Waals surface area contributed by atoms with E-state index in [1.54, 1.807) is 0 Å². The fraction of sp³-hybridized carbons (Fsp3) is 0.727. The van der Waals surface area contributed by atoms with Crippen LogP contribution < -0.4 is 5.32 Å². The zero-order valence-corrected chi connectivity index (χ0v) is 8.95. The molecule has 1 atom stereocenters. The summed E-state index contributed by atoms with van der Waals surface area (Å²) in [6.07, 6.45) is 5.95. The van der Waals surface area contributed by atoms with Crippen LogP contribution in [0.4, 0.5) is 0 Å². The van der Waals surface area contributed by atoms with Gasteiger partial charge in [0.2, 0.25) is 0 Å². The summed E-state index contributed by atoms with van der Waals surface area (Å²) in [5.74, 6) is 0. The zero-order valence-electron chi connectivity index (χ0n) is 8.95. The molecule has 0 amide bonds. The van der Waals surface area contributed by atoms with E-state index in [0.717, 1.165) is 12.6 Å². The van der Waals surface area contributed by atoms with Gasteiger partial charge in [-0.3, -0.25) is 10.00 Å². The van der Waals surface area contributed by atoms with Gasteiger partial charge in [0.1, 0.15) is 0 Å². The van der Waals surface area contributed by atoms with Gasteiger partial charge in [-0.25, -0.2) is 0 Å². The number of aromatic amines is 1. The molecule has 15 heavy (non-hydrogen) atoms. The number of nitrogens with zero attached hydrogens (tertiary/aromatic N) is 2. The maximum atomic E-state index is 3.95. The van der Waals surface area contributed by atoms with Crippen molar-refractivity contribution in [2.75, 3.05) is 13.1 Å². The van der Waals surface area contributed by atoms with E-state index in [9.17, 15) is 0 Å². The van der Waals surface area contributed by atoms with Crippen LogP contribution in [0.5, 0.6) is 0 Å². The van der Waals surface area contributed by atoms with Crippen LogP contribution in [0.15, 0.2) is 12.3 Å². The molecule has 0 spiro atoms. The molecule has 1 saturated heterocycles. The zero-order chi connectivity index (χ0) is 10.1. The van der Waals surface area contributed by atoms with Gasteiger partial charge in [0.05, 0.1) is 0 Å². The molecule has 1 saturated carbocycles. The highest BCUT2D eigenvalue weighted by atomic mass is 15.2. The minimum atomic E-state index is 0.675. The Balaban J connectivity index is 1.44. The second-order valence-corrected chi connectivity index (χ2v) is 4.67. The topological polar surface area (TPSA) is 44.0 Å². The first kappa shape index (κ1) is 9.36. The average molecular weight is 206 g/mol. The van der Waals surface area contributed by atoms with Crippen molar-refractivity contribution in [2.45, 2.75) is 37.9 Å². The van der Waals surface area contributed by atoms with E-state index in [-0.39, 0.29) is 0 Å². The third-order valence-electron chi connectivity index (χ3n) is 3.42.